The van der Waals surface area contributed by atoms with Crippen molar-refractivity contribution in [2.45, 2.75) is 11.4 Å². The Balaban J connectivity index is 2.01. The fraction of sp³-hybridized carbons (Fsp3) is 0.200. The quantitative estimate of drug-likeness (QED) is 0.758. The number of aromatic nitrogens is 5. The summed E-state index contributed by atoms with van der Waals surface area (Å²) in [5, 5.41) is 6.32. The number of aromatic amines is 1. The first kappa shape index (κ1) is 13.1. The molecule has 0 atom stereocenters. The molecule has 1 aromatic carbocycles. The summed E-state index contributed by atoms with van der Waals surface area (Å²) in [7, 11) is -2.18. The molecule has 0 bridgehead atoms. The van der Waals surface area contributed by atoms with Crippen LogP contribution in [-0.4, -0.2) is 43.7 Å². The summed E-state index contributed by atoms with van der Waals surface area (Å²) in [6, 6.07) is 4.91. The molecule has 2 aromatic heterocycles. The molecule has 0 amide bonds. The van der Waals surface area contributed by atoms with Crippen LogP contribution >= 0.6 is 11.7 Å². The second-order valence-electron chi connectivity index (χ2n) is 4.08. The van der Waals surface area contributed by atoms with Crippen LogP contribution in [0.25, 0.3) is 11.0 Å². The standard InChI is InChI=1S/C10H10N6O2S2/c1-16(5-9-11-6-12-13-9)20(17,18)8-4-2-3-7-10(8)15-19-14-7/h2-4,6H,5H2,1H3,(H,11,12,13). The Labute approximate surface area is 118 Å². The predicted molar refractivity (Wildman–Crippen MR) is 72.5 cm³/mol. The fourth-order valence-electron chi connectivity index (χ4n) is 1.76. The molecule has 20 heavy (non-hydrogen) atoms. The molecule has 0 radical (unpaired) electrons. The summed E-state index contributed by atoms with van der Waals surface area (Å²) in [6.45, 7) is 0.107. The maximum Gasteiger partial charge on any atom is 0.245 e. The maximum atomic E-state index is 12.6. The Morgan fingerprint density at radius 3 is 2.95 bits per heavy atom. The number of hydrogen-bond acceptors (Lipinski definition) is 7. The van der Waals surface area contributed by atoms with Gasteiger partial charge in [-0.3, -0.25) is 5.10 Å². The highest BCUT2D eigenvalue weighted by Gasteiger charge is 2.25. The molecule has 0 spiro atoms. The van der Waals surface area contributed by atoms with Gasteiger partial charge in [-0.25, -0.2) is 13.4 Å². The van der Waals surface area contributed by atoms with Crippen LogP contribution < -0.4 is 0 Å². The molecule has 2 heterocycles. The van der Waals surface area contributed by atoms with Gasteiger partial charge in [-0.1, -0.05) is 6.07 Å². The molecule has 0 aliphatic heterocycles. The minimum absolute atomic E-state index is 0.107. The van der Waals surface area contributed by atoms with E-state index in [0.29, 0.717) is 16.9 Å². The third-order valence-electron chi connectivity index (χ3n) is 2.77. The van der Waals surface area contributed by atoms with Crippen LogP contribution in [0.3, 0.4) is 0 Å². The van der Waals surface area contributed by atoms with Crippen LogP contribution in [0.2, 0.25) is 0 Å². The molecule has 3 rings (SSSR count). The van der Waals surface area contributed by atoms with Gasteiger partial charge in [0.1, 0.15) is 28.1 Å². The highest BCUT2D eigenvalue weighted by molar-refractivity contribution is 7.89. The largest absolute Gasteiger partial charge is 0.262 e. The van der Waals surface area contributed by atoms with Crippen LogP contribution in [0, 0.1) is 0 Å². The summed E-state index contributed by atoms with van der Waals surface area (Å²) in [5.41, 5.74) is 0.964. The molecule has 0 aliphatic rings. The Kier molecular flexibility index (Phi) is 3.20. The van der Waals surface area contributed by atoms with E-state index < -0.39 is 10.0 Å². The number of sulfonamides is 1. The van der Waals surface area contributed by atoms with Gasteiger partial charge in [0, 0.05) is 7.05 Å². The molecule has 10 heteroatoms. The summed E-state index contributed by atoms with van der Waals surface area (Å²) in [6.07, 6.45) is 1.33. The van der Waals surface area contributed by atoms with Crippen LogP contribution in [-0.2, 0) is 16.6 Å². The average Bonchev–Trinajstić information content (AvgIpc) is 3.07. The van der Waals surface area contributed by atoms with E-state index in [0.717, 1.165) is 11.7 Å². The lowest BCUT2D eigenvalue weighted by molar-refractivity contribution is 0.458. The lowest BCUT2D eigenvalue weighted by Crippen LogP contribution is -2.27. The average molecular weight is 310 g/mol. The van der Waals surface area contributed by atoms with Gasteiger partial charge in [0.2, 0.25) is 10.0 Å². The van der Waals surface area contributed by atoms with E-state index in [9.17, 15) is 8.42 Å². The van der Waals surface area contributed by atoms with Gasteiger partial charge in [-0.05, 0) is 12.1 Å². The topological polar surface area (TPSA) is 105 Å². The molecule has 0 unspecified atom stereocenters. The molecular weight excluding hydrogens is 300 g/mol. The summed E-state index contributed by atoms with van der Waals surface area (Å²) >= 11 is 0.989. The van der Waals surface area contributed by atoms with E-state index in [1.54, 1.807) is 12.1 Å². The normalized spacial score (nSPS) is 12.3. The zero-order valence-corrected chi connectivity index (χ0v) is 12.0. The molecule has 0 saturated carbocycles. The van der Waals surface area contributed by atoms with E-state index in [-0.39, 0.29) is 11.4 Å². The van der Waals surface area contributed by atoms with Gasteiger partial charge in [-0.2, -0.15) is 18.2 Å². The molecule has 8 nitrogen and oxygen atoms in total. The van der Waals surface area contributed by atoms with Crippen LogP contribution in [0.15, 0.2) is 29.4 Å². The van der Waals surface area contributed by atoms with Crippen molar-refractivity contribution in [3.8, 4) is 0 Å². The second kappa shape index (κ2) is 4.89. The van der Waals surface area contributed by atoms with Crippen LogP contribution in [0.4, 0.5) is 0 Å². The van der Waals surface area contributed by atoms with E-state index in [2.05, 4.69) is 23.9 Å². The van der Waals surface area contributed by atoms with E-state index in [4.69, 9.17) is 0 Å². The molecule has 104 valence electrons. The molecule has 0 fully saturated rings. The maximum absolute atomic E-state index is 12.6. The van der Waals surface area contributed by atoms with Gasteiger partial charge in [0.05, 0.1) is 18.3 Å². The van der Waals surface area contributed by atoms with Gasteiger partial charge < -0.3 is 0 Å². The SMILES string of the molecule is CN(Cc1ncn[nH]1)S(=O)(=O)c1cccc2nsnc12. The molecule has 0 saturated heterocycles. The van der Waals surface area contributed by atoms with Crippen LogP contribution in [0.1, 0.15) is 5.82 Å². The molecule has 1 N–H and O–H groups in total. The Hall–Kier alpha value is -1.91. The van der Waals surface area contributed by atoms with Crippen molar-refractivity contribution in [3.63, 3.8) is 0 Å². The Bertz CT molecular complexity index is 826. The van der Waals surface area contributed by atoms with E-state index in [1.807, 2.05) is 0 Å². The lowest BCUT2D eigenvalue weighted by atomic mass is 10.3. The van der Waals surface area contributed by atoms with Gasteiger partial charge >= 0.3 is 0 Å². The van der Waals surface area contributed by atoms with Crippen molar-refractivity contribution in [2.24, 2.45) is 0 Å². The summed E-state index contributed by atoms with van der Waals surface area (Å²) < 4.78 is 34.4. The van der Waals surface area contributed by atoms with E-state index in [1.165, 1.54) is 23.7 Å². The Morgan fingerprint density at radius 1 is 1.35 bits per heavy atom. The Morgan fingerprint density at radius 2 is 2.20 bits per heavy atom. The molecular formula is C10H10N6O2S2. The summed E-state index contributed by atoms with van der Waals surface area (Å²) in [5.74, 6) is 0.472. The highest BCUT2D eigenvalue weighted by Crippen LogP contribution is 2.24. The minimum Gasteiger partial charge on any atom is -0.262 e. The number of fused-ring (bicyclic) bond motifs is 1. The lowest BCUT2D eigenvalue weighted by Gasteiger charge is -2.15. The summed E-state index contributed by atoms with van der Waals surface area (Å²) in [4.78, 5) is 4.06. The van der Waals surface area contributed by atoms with Crippen molar-refractivity contribution >= 4 is 32.8 Å². The highest BCUT2D eigenvalue weighted by atomic mass is 32.2. The third kappa shape index (κ3) is 2.17. The van der Waals surface area contributed by atoms with Gasteiger partial charge in [0.15, 0.2) is 0 Å². The smallest absolute Gasteiger partial charge is 0.245 e. The monoisotopic (exact) mass is 310 g/mol. The van der Waals surface area contributed by atoms with Crippen molar-refractivity contribution in [2.75, 3.05) is 7.05 Å². The second-order valence-corrected chi connectivity index (χ2v) is 6.62. The zero-order valence-electron chi connectivity index (χ0n) is 10.4. The van der Waals surface area contributed by atoms with Gasteiger partial charge in [0.25, 0.3) is 0 Å². The first-order chi connectivity index (χ1) is 9.59. The van der Waals surface area contributed by atoms with E-state index >= 15 is 0 Å². The third-order valence-corrected chi connectivity index (χ3v) is 5.15. The van der Waals surface area contributed by atoms with Crippen molar-refractivity contribution in [3.05, 3.63) is 30.4 Å². The number of benzene rings is 1. The van der Waals surface area contributed by atoms with Crippen molar-refractivity contribution in [1.82, 2.24) is 28.2 Å². The minimum atomic E-state index is -3.66. The fourth-order valence-corrected chi connectivity index (χ4v) is 3.64. The first-order valence-corrected chi connectivity index (χ1v) is 7.78. The number of nitrogens with one attached hydrogen (secondary N) is 1. The predicted octanol–water partition coefficient (Wildman–Crippen LogP) is 0.630. The number of rotatable bonds is 4. The van der Waals surface area contributed by atoms with Gasteiger partial charge in [-0.15, -0.1) is 0 Å². The van der Waals surface area contributed by atoms with Crippen LogP contribution in [0.5, 0.6) is 0 Å². The zero-order chi connectivity index (χ0) is 14.2. The molecule has 0 aliphatic carbocycles. The first-order valence-electron chi connectivity index (χ1n) is 5.61. The number of nitrogens with zero attached hydrogens (tertiary/aromatic N) is 5. The number of H-pyrrole nitrogens is 1. The van der Waals surface area contributed by atoms with Crippen molar-refractivity contribution in [1.29, 1.82) is 0 Å². The molecule has 3 aromatic rings. The number of hydrogen-bond donors (Lipinski definition) is 1. The van der Waals surface area contributed by atoms with Crippen molar-refractivity contribution < 1.29 is 8.42 Å².